The third-order valence-electron chi connectivity index (χ3n) is 4.87. The minimum atomic E-state index is -0.333. The molecule has 0 saturated heterocycles. The number of anilines is 1. The fourth-order valence-electron chi connectivity index (χ4n) is 3.24. The Morgan fingerprint density at radius 1 is 1.03 bits per heavy atom. The van der Waals surface area contributed by atoms with E-state index in [1.165, 1.54) is 12.1 Å². The SMILES string of the molecule is CCc1ccc2nc(-c3ccc(F)cc3)cc(C(=O)Nc3cccc(Cl)c3Cl)c2c1. The summed E-state index contributed by atoms with van der Waals surface area (Å²) in [6.45, 7) is 2.05. The molecule has 0 bridgehead atoms. The number of amides is 1. The third kappa shape index (κ3) is 4.02. The van der Waals surface area contributed by atoms with E-state index in [4.69, 9.17) is 23.2 Å². The maximum absolute atomic E-state index is 13.4. The van der Waals surface area contributed by atoms with Gasteiger partial charge in [0.25, 0.3) is 5.91 Å². The summed E-state index contributed by atoms with van der Waals surface area (Å²) < 4.78 is 13.4. The van der Waals surface area contributed by atoms with E-state index < -0.39 is 0 Å². The van der Waals surface area contributed by atoms with Crippen LogP contribution in [0.15, 0.2) is 66.7 Å². The molecule has 0 unspecified atom stereocenters. The smallest absolute Gasteiger partial charge is 0.256 e. The molecule has 4 rings (SSSR count). The molecule has 3 nitrogen and oxygen atoms in total. The lowest BCUT2D eigenvalue weighted by atomic mass is 10.0. The van der Waals surface area contributed by atoms with Crippen LogP contribution in [0, 0.1) is 5.82 Å². The molecular formula is C24H17Cl2FN2O. The molecule has 0 fully saturated rings. The number of halogens is 3. The number of hydrogen-bond acceptors (Lipinski definition) is 2. The topological polar surface area (TPSA) is 42.0 Å². The van der Waals surface area contributed by atoms with Gasteiger partial charge in [0.2, 0.25) is 0 Å². The van der Waals surface area contributed by atoms with E-state index in [2.05, 4.69) is 10.3 Å². The average molecular weight is 439 g/mol. The lowest BCUT2D eigenvalue weighted by molar-refractivity contribution is 0.102. The molecular weight excluding hydrogens is 422 g/mol. The van der Waals surface area contributed by atoms with Gasteiger partial charge in [-0.15, -0.1) is 0 Å². The van der Waals surface area contributed by atoms with Gasteiger partial charge >= 0.3 is 0 Å². The van der Waals surface area contributed by atoms with E-state index >= 15 is 0 Å². The van der Waals surface area contributed by atoms with Crippen molar-refractivity contribution in [3.05, 3.63) is 93.7 Å². The number of hydrogen-bond donors (Lipinski definition) is 1. The summed E-state index contributed by atoms with van der Waals surface area (Å²) in [5.41, 5.74) is 3.94. The first-order valence-electron chi connectivity index (χ1n) is 9.41. The Morgan fingerprint density at radius 2 is 1.80 bits per heavy atom. The number of benzene rings is 3. The van der Waals surface area contributed by atoms with E-state index in [9.17, 15) is 9.18 Å². The Hall–Kier alpha value is -2.95. The second kappa shape index (κ2) is 8.42. The van der Waals surface area contributed by atoms with Gasteiger partial charge in [-0.2, -0.15) is 0 Å². The van der Waals surface area contributed by atoms with Gasteiger partial charge in [-0.3, -0.25) is 4.79 Å². The zero-order valence-corrected chi connectivity index (χ0v) is 17.6. The Balaban J connectivity index is 1.85. The molecule has 1 heterocycles. The summed E-state index contributed by atoms with van der Waals surface area (Å²) in [7, 11) is 0. The molecule has 0 atom stereocenters. The van der Waals surface area contributed by atoms with Crippen molar-refractivity contribution in [3.8, 4) is 11.3 Å². The largest absolute Gasteiger partial charge is 0.321 e. The van der Waals surface area contributed by atoms with E-state index in [1.807, 2.05) is 25.1 Å². The van der Waals surface area contributed by atoms with E-state index in [0.717, 1.165) is 17.4 Å². The van der Waals surface area contributed by atoms with Crippen molar-refractivity contribution >= 4 is 45.7 Å². The van der Waals surface area contributed by atoms with Gasteiger partial charge in [-0.25, -0.2) is 9.37 Å². The number of fused-ring (bicyclic) bond motifs is 1. The highest BCUT2D eigenvalue weighted by atomic mass is 35.5. The Kier molecular flexibility index (Phi) is 5.71. The summed E-state index contributed by atoms with van der Waals surface area (Å²) in [4.78, 5) is 17.9. The first-order chi connectivity index (χ1) is 14.5. The van der Waals surface area contributed by atoms with Crippen molar-refractivity contribution in [2.45, 2.75) is 13.3 Å². The molecule has 3 aromatic carbocycles. The lowest BCUT2D eigenvalue weighted by Gasteiger charge is -2.13. The van der Waals surface area contributed by atoms with Crippen molar-refractivity contribution in [1.82, 2.24) is 4.98 Å². The molecule has 1 amide bonds. The second-order valence-corrected chi connectivity index (χ2v) is 7.61. The number of aromatic nitrogens is 1. The van der Waals surface area contributed by atoms with Crippen LogP contribution in [0.4, 0.5) is 10.1 Å². The number of aryl methyl sites for hydroxylation is 1. The summed E-state index contributed by atoms with van der Waals surface area (Å²) in [6.07, 6.45) is 0.830. The quantitative estimate of drug-likeness (QED) is 0.367. The normalized spacial score (nSPS) is 10.9. The van der Waals surface area contributed by atoms with Crippen LogP contribution in [0.2, 0.25) is 10.0 Å². The molecule has 4 aromatic rings. The monoisotopic (exact) mass is 438 g/mol. The maximum Gasteiger partial charge on any atom is 0.256 e. The van der Waals surface area contributed by atoms with Gasteiger partial charge in [0.1, 0.15) is 5.82 Å². The summed E-state index contributed by atoms with van der Waals surface area (Å²) in [6, 6.07) is 18.6. The van der Waals surface area contributed by atoms with Crippen LogP contribution in [-0.4, -0.2) is 10.9 Å². The molecule has 0 radical (unpaired) electrons. The molecule has 150 valence electrons. The van der Waals surface area contributed by atoms with Crippen molar-refractivity contribution < 1.29 is 9.18 Å². The van der Waals surface area contributed by atoms with Crippen molar-refractivity contribution in [2.24, 2.45) is 0 Å². The summed E-state index contributed by atoms with van der Waals surface area (Å²) in [5.74, 6) is -0.663. The Bertz CT molecular complexity index is 1260. The highest BCUT2D eigenvalue weighted by Crippen LogP contribution is 2.31. The van der Waals surface area contributed by atoms with Crippen LogP contribution >= 0.6 is 23.2 Å². The summed E-state index contributed by atoms with van der Waals surface area (Å²) in [5, 5.41) is 4.21. The van der Waals surface area contributed by atoms with Crippen LogP contribution in [0.1, 0.15) is 22.8 Å². The third-order valence-corrected chi connectivity index (χ3v) is 5.68. The van der Waals surface area contributed by atoms with Crippen molar-refractivity contribution in [1.29, 1.82) is 0 Å². The van der Waals surface area contributed by atoms with Crippen LogP contribution in [0.5, 0.6) is 0 Å². The van der Waals surface area contributed by atoms with Crippen molar-refractivity contribution in [2.75, 3.05) is 5.32 Å². The predicted octanol–water partition coefficient (Wildman–Crippen LogP) is 7.16. The van der Waals surface area contributed by atoms with Gasteiger partial charge in [-0.05, 0) is 66.6 Å². The fourth-order valence-corrected chi connectivity index (χ4v) is 3.59. The molecule has 1 aromatic heterocycles. The Morgan fingerprint density at radius 3 is 2.53 bits per heavy atom. The minimum absolute atomic E-state index is 0.277. The number of pyridine rings is 1. The first kappa shape index (κ1) is 20.3. The number of carbonyl (C=O) groups is 1. The number of nitrogens with one attached hydrogen (secondary N) is 1. The Labute approximate surface area is 183 Å². The number of carbonyl (C=O) groups excluding carboxylic acids is 1. The predicted molar refractivity (Wildman–Crippen MR) is 121 cm³/mol. The number of rotatable bonds is 4. The van der Waals surface area contributed by atoms with E-state index in [-0.39, 0.29) is 16.7 Å². The first-order valence-corrected chi connectivity index (χ1v) is 10.2. The van der Waals surface area contributed by atoms with Gasteiger partial charge in [0.05, 0.1) is 32.5 Å². The zero-order chi connectivity index (χ0) is 21.3. The van der Waals surface area contributed by atoms with Gasteiger partial charge < -0.3 is 5.32 Å². The number of nitrogens with zero attached hydrogens (tertiary/aromatic N) is 1. The molecule has 0 spiro atoms. The van der Waals surface area contributed by atoms with E-state index in [0.29, 0.717) is 33.0 Å². The molecule has 30 heavy (non-hydrogen) atoms. The van der Waals surface area contributed by atoms with Gasteiger partial charge in [0.15, 0.2) is 0 Å². The van der Waals surface area contributed by atoms with Gasteiger partial charge in [0, 0.05) is 10.9 Å². The van der Waals surface area contributed by atoms with Crippen molar-refractivity contribution in [3.63, 3.8) is 0 Å². The van der Waals surface area contributed by atoms with E-state index in [1.54, 1.807) is 36.4 Å². The molecule has 0 aliphatic carbocycles. The molecule has 0 aliphatic heterocycles. The molecule has 0 saturated carbocycles. The second-order valence-electron chi connectivity index (χ2n) is 6.82. The zero-order valence-electron chi connectivity index (χ0n) is 16.0. The van der Waals surface area contributed by atoms with Gasteiger partial charge in [-0.1, -0.05) is 42.3 Å². The lowest BCUT2D eigenvalue weighted by Crippen LogP contribution is -2.13. The average Bonchev–Trinajstić information content (AvgIpc) is 2.76. The molecule has 6 heteroatoms. The van der Waals surface area contributed by atoms with Crippen LogP contribution in [-0.2, 0) is 6.42 Å². The fraction of sp³-hybridized carbons (Fsp3) is 0.0833. The summed E-state index contributed by atoms with van der Waals surface area (Å²) >= 11 is 12.3. The highest BCUT2D eigenvalue weighted by molar-refractivity contribution is 6.44. The van der Waals surface area contributed by atoms with Crippen LogP contribution in [0.25, 0.3) is 22.2 Å². The highest BCUT2D eigenvalue weighted by Gasteiger charge is 2.16. The molecule has 0 aliphatic rings. The van der Waals surface area contributed by atoms with Crippen LogP contribution in [0.3, 0.4) is 0 Å². The maximum atomic E-state index is 13.4. The minimum Gasteiger partial charge on any atom is -0.321 e. The standard InChI is InChI=1S/C24H17Cl2FN2O/c1-2-14-6-11-20-17(12-14)18(13-22(28-20)15-7-9-16(27)10-8-15)24(30)29-21-5-3-4-19(25)23(21)26/h3-13H,2H2,1H3,(H,29,30). The van der Waals surface area contributed by atoms with Crippen LogP contribution < -0.4 is 5.32 Å². The molecule has 1 N–H and O–H groups in total.